The second-order valence-electron chi connectivity index (χ2n) is 8.31. The van der Waals surface area contributed by atoms with Gasteiger partial charge in [-0.15, -0.1) is 0 Å². The van der Waals surface area contributed by atoms with Crippen LogP contribution in [0.15, 0.2) is 65.1 Å². The van der Waals surface area contributed by atoms with Crippen molar-refractivity contribution >= 4 is 45.1 Å². The number of rotatable bonds is 11. The van der Waals surface area contributed by atoms with E-state index < -0.39 is 11.9 Å². The molecule has 0 aliphatic carbocycles. The molecule has 9 heteroatoms. The number of benzene rings is 3. The third kappa shape index (κ3) is 8.64. The number of hydrogen-bond acceptors (Lipinski definition) is 6. The second-order valence-corrected chi connectivity index (χ2v) is 9.10. The van der Waals surface area contributed by atoms with Crippen molar-refractivity contribution in [3.8, 4) is 17.2 Å². The lowest BCUT2D eigenvalue weighted by atomic mass is 10.1. The Morgan fingerprint density at radius 1 is 0.811 bits per heavy atom. The molecule has 2 N–H and O–H groups in total. The Morgan fingerprint density at radius 3 is 2.08 bits per heavy atom. The second kappa shape index (κ2) is 13.5. The van der Waals surface area contributed by atoms with E-state index in [1.54, 1.807) is 43.5 Å². The highest BCUT2D eigenvalue weighted by Gasteiger charge is 2.11. The predicted molar refractivity (Wildman–Crippen MR) is 145 cm³/mol. The largest absolute Gasteiger partial charge is 0.493 e. The monoisotopic (exact) mass is 568 g/mol. The van der Waals surface area contributed by atoms with Crippen LogP contribution >= 0.6 is 15.9 Å². The van der Waals surface area contributed by atoms with Gasteiger partial charge < -0.3 is 24.8 Å². The van der Waals surface area contributed by atoms with Gasteiger partial charge in [0.25, 0.3) is 5.91 Å². The number of hydrogen-bond donors (Lipinski definition) is 2. The van der Waals surface area contributed by atoms with E-state index in [0.29, 0.717) is 35.0 Å². The van der Waals surface area contributed by atoms with Crippen LogP contribution in [-0.2, 0) is 19.1 Å². The fourth-order valence-electron chi connectivity index (χ4n) is 3.49. The van der Waals surface area contributed by atoms with Gasteiger partial charge >= 0.3 is 5.97 Å². The highest BCUT2D eigenvalue weighted by molar-refractivity contribution is 9.10. The molecule has 194 valence electrons. The zero-order valence-corrected chi connectivity index (χ0v) is 22.5. The summed E-state index contributed by atoms with van der Waals surface area (Å²) in [5, 5.41) is 5.50. The molecule has 37 heavy (non-hydrogen) atoms. The topological polar surface area (TPSA) is 103 Å². The molecule has 0 aromatic heterocycles. The number of nitrogens with one attached hydrogen (secondary N) is 2. The number of carbonyl (C=O) groups is 3. The molecule has 0 aliphatic heterocycles. The molecule has 0 heterocycles. The zero-order valence-electron chi connectivity index (χ0n) is 20.9. The lowest BCUT2D eigenvalue weighted by molar-refractivity contribution is -0.147. The Balaban J connectivity index is 1.35. The van der Waals surface area contributed by atoms with Crippen molar-refractivity contribution in [2.45, 2.75) is 33.1 Å². The van der Waals surface area contributed by atoms with Crippen molar-refractivity contribution < 1.29 is 28.6 Å². The molecule has 3 aromatic rings. The van der Waals surface area contributed by atoms with Crippen molar-refractivity contribution in [1.82, 2.24) is 0 Å². The minimum absolute atomic E-state index is 0.0306. The van der Waals surface area contributed by atoms with Crippen molar-refractivity contribution in [3.05, 3.63) is 76.3 Å². The van der Waals surface area contributed by atoms with Gasteiger partial charge in [0.2, 0.25) is 5.91 Å². The van der Waals surface area contributed by atoms with Crippen molar-refractivity contribution in [2.24, 2.45) is 0 Å². The Bertz CT molecular complexity index is 1240. The number of esters is 1. The minimum Gasteiger partial charge on any atom is -0.493 e. The van der Waals surface area contributed by atoms with Gasteiger partial charge in [0.15, 0.2) is 18.1 Å². The van der Waals surface area contributed by atoms with Gasteiger partial charge in [-0.1, -0.05) is 28.1 Å². The van der Waals surface area contributed by atoms with Crippen LogP contribution in [0.2, 0.25) is 0 Å². The van der Waals surface area contributed by atoms with E-state index >= 15 is 0 Å². The number of anilines is 2. The average Bonchev–Trinajstić information content (AvgIpc) is 2.87. The maximum absolute atomic E-state index is 12.2. The highest BCUT2D eigenvalue weighted by atomic mass is 79.9. The van der Waals surface area contributed by atoms with Crippen molar-refractivity contribution in [1.29, 1.82) is 0 Å². The van der Waals surface area contributed by atoms with Gasteiger partial charge in [0.1, 0.15) is 5.75 Å². The molecular formula is C28H29BrN2O6. The number of methoxy groups -OCH3 is 1. The first-order valence-corrected chi connectivity index (χ1v) is 12.5. The van der Waals surface area contributed by atoms with Gasteiger partial charge in [-0.3, -0.25) is 14.4 Å². The molecule has 0 bridgehead atoms. The molecule has 0 fully saturated rings. The number of amides is 2. The van der Waals surface area contributed by atoms with Gasteiger partial charge in [-0.2, -0.15) is 0 Å². The van der Waals surface area contributed by atoms with Crippen LogP contribution in [0.4, 0.5) is 11.4 Å². The normalized spacial score (nSPS) is 10.4. The molecule has 2 amide bonds. The van der Waals surface area contributed by atoms with Gasteiger partial charge in [-0.05, 0) is 79.9 Å². The first-order valence-electron chi connectivity index (χ1n) is 11.7. The summed E-state index contributed by atoms with van der Waals surface area (Å²) >= 11 is 3.48. The molecule has 0 saturated carbocycles. The standard InChI is InChI=1S/C28H29BrN2O6/c1-18-15-21(16-19(2)28(18)29)31-26(33)17-36-27(34)10-6-9-25(32)30-20-11-13-22(14-12-20)37-24-8-5-4-7-23(24)35-3/h4-5,7-8,11-16H,6,9-10,17H2,1-3H3,(H,30,32)(H,31,33). The molecule has 0 unspecified atom stereocenters. The summed E-state index contributed by atoms with van der Waals surface area (Å²) in [5.41, 5.74) is 3.22. The third-order valence-electron chi connectivity index (χ3n) is 5.30. The summed E-state index contributed by atoms with van der Waals surface area (Å²) in [6.45, 7) is 3.47. The molecular weight excluding hydrogens is 540 g/mol. The molecule has 8 nitrogen and oxygen atoms in total. The molecule has 0 aliphatic rings. The number of halogens is 1. The van der Waals surface area contributed by atoms with E-state index in [2.05, 4.69) is 26.6 Å². The fraction of sp³-hybridized carbons (Fsp3) is 0.250. The van der Waals surface area contributed by atoms with Gasteiger partial charge in [0, 0.05) is 28.7 Å². The van der Waals surface area contributed by atoms with Crippen LogP contribution in [0.25, 0.3) is 0 Å². The number of ether oxygens (including phenoxy) is 3. The summed E-state index contributed by atoms with van der Waals surface area (Å²) in [5.74, 6) is 0.609. The van der Waals surface area contributed by atoms with E-state index in [4.69, 9.17) is 14.2 Å². The first-order chi connectivity index (χ1) is 17.7. The van der Waals surface area contributed by atoms with Crippen LogP contribution in [0, 0.1) is 13.8 Å². The maximum Gasteiger partial charge on any atom is 0.306 e. The van der Waals surface area contributed by atoms with E-state index in [1.165, 1.54) is 0 Å². The molecule has 3 aromatic carbocycles. The van der Waals surface area contributed by atoms with Crippen LogP contribution in [0.1, 0.15) is 30.4 Å². The maximum atomic E-state index is 12.2. The summed E-state index contributed by atoms with van der Waals surface area (Å²) < 4.78 is 17.1. The molecule has 0 atom stereocenters. The highest BCUT2D eigenvalue weighted by Crippen LogP contribution is 2.31. The van der Waals surface area contributed by atoms with Crippen molar-refractivity contribution in [2.75, 3.05) is 24.4 Å². The average molecular weight is 569 g/mol. The Morgan fingerprint density at radius 2 is 1.43 bits per heavy atom. The molecule has 3 rings (SSSR count). The zero-order chi connectivity index (χ0) is 26.8. The van der Waals surface area contributed by atoms with Crippen LogP contribution in [0.3, 0.4) is 0 Å². The Kier molecular flexibility index (Phi) is 10.1. The smallest absolute Gasteiger partial charge is 0.306 e. The van der Waals surface area contributed by atoms with Crippen LogP contribution in [0.5, 0.6) is 17.2 Å². The van der Waals surface area contributed by atoms with Crippen LogP contribution in [-0.4, -0.2) is 31.5 Å². The summed E-state index contributed by atoms with van der Waals surface area (Å²) in [6, 6.07) is 17.9. The number of carbonyl (C=O) groups excluding carboxylic acids is 3. The molecule has 0 radical (unpaired) electrons. The number of aryl methyl sites for hydroxylation is 2. The Labute approximate surface area is 224 Å². The SMILES string of the molecule is COc1ccccc1Oc1ccc(NC(=O)CCCC(=O)OCC(=O)Nc2cc(C)c(Br)c(C)c2)cc1. The molecule has 0 spiro atoms. The quantitative estimate of drug-likeness (QED) is 0.268. The van der Waals surface area contributed by atoms with E-state index in [0.717, 1.165) is 15.6 Å². The van der Waals surface area contributed by atoms with E-state index in [-0.39, 0.29) is 25.4 Å². The number of para-hydroxylation sites is 2. The minimum atomic E-state index is -0.538. The van der Waals surface area contributed by atoms with Crippen molar-refractivity contribution in [3.63, 3.8) is 0 Å². The van der Waals surface area contributed by atoms with Gasteiger partial charge in [-0.25, -0.2) is 0 Å². The third-order valence-corrected chi connectivity index (χ3v) is 6.55. The fourth-order valence-corrected chi connectivity index (χ4v) is 3.72. The summed E-state index contributed by atoms with van der Waals surface area (Å²) in [4.78, 5) is 36.3. The Hall–Kier alpha value is -3.85. The van der Waals surface area contributed by atoms with Crippen LogP contribution < -0.4 is 20.1 Å². The summed E-state index contributed by atoms with van der Waals surface area (Å²) in [6.07, 6.45) is 0.466. The lowest BCUT2D eigenvalue weighted by Gasteiger charge is -2.11. The van der Waals surface area contributed by atoms with E-state index in [9.17, 15) is 14.4 Å². The van der Waals surface area contributed by atoms with Gasteiger partial charge in [0.05, 0.1) is 7.11 Å². The first kappa shape index (κ1) is 27.7. The predicted octanol–water partition coefficient (Wildman–Crippen LogP) is 6.16. The molecule has 0 saturated heterocycles. The van der Waals surface area contributed by atoms with E-state index in [1.807, 2.05) is 38.1 Å². The lowest BCUT2D eigenvalue weighted by Crippen LogP contribution is -2.21. The summed E-state index contributed by atoms with van der Waals surface area (Å²) in [7, 11) is 1.57.